The van der Waals surface area contributed by atoms with Crippen molar-refractivity contribution < 1.29 is 22.7 Å². The van der Waals surface area contributed by atoms with Gasteiger partial charge in [0.2, 0.25) is 11.8 Å². The topological polar surface area (TPSA) is 51.2 Å². The van der Waals surface area contributed by atoms with E-state index in [2.05, 4.69) is 10.3 Å². The number of hydrogen-bond donors (Lipinski definition) is 1. The maximum absolute atomic E-state index is 12.8. The number of aromatic nitrogens is 1. The number of halogens is 3. The molecule has 2 aromatic rings. The molecule has 132 valence electrons. The lowest BCUT2D eigenvalue weighted by Crippen LogP contribution is -2.25. The first-order valence-electron chi connectivity index (χ1n) is 7.83. The Labute approximate surface area is 143 Å². The zero-order valence-corrected chi connectivity index (χ0v) is 13.5. The van der Waals surface area contributed by atoms with E-state index in [1.807, 2.05) is 30.3 Å². The van der Waals surface area contributed by atoms with E-state index in [0.717, 1.165) is 24.2 Å². The van der Waals surface area contributed by atoms with Gasteiger partial charge in [0.05, 0.1) is 12.7 Å². The van der Waals surface area contributed by atoms with Crippen LogP contribution in [0.15, 0.2) is 42.6 Å². The molecule has 1 aliphatic carbocycles. The molecule has 0 radical (unpaired) electrons. The lowest BCUT2D eigenvalue weighted by molar-refractivity contribution is -0.137. The van der Waals surface area contributed by atoms with Gasteiger partial charge in [0, 0.05) is 24.2 Å². The summed E-state index contributed by atoms with van der Waals surface area (Å²) in [5, 5.41) is 2.69. The highest BCUT2D eigenvalue weighted by atomic mass is 19.4. The Morgan fingerprint density at radius 1 is 1.32 bits per heavy atom. The van der Waals surface area contributed by atoms with Crippen molar-refractivity contribution in [3.63, 3.8) is 0 Å². The predicted molar refractivity (Wildman–Crippen MR) is 84.9 cm³/mol. The molecule has 0 aliphatic heterocycles. The van der Waals surface area contributed by atoms with Crippen LogP contribution in [0.5, 0.6) is 5.88 Å². The minimum atomic E-state index is -4.49. The van der Waals surface area contributed by atoms with Gasteiger partial charge in [0.25, 0.3) is 0 Å². The average molecular weight is 350 g/mol. The second kappa shape index (κ2) is 6.74. The van der Waals surface area contributed by atoms with Crippen molar-refractivity contribution in [3.05, 3.63) is 59.3 Å². The molecule has 1 fully saturated rings. The van der Waals surface area contributed by atoms with Crippen LogP contribution in [0.1, 0.15) is 29.0 Å². The van der Waals surface area contributed by atoms with Crippen LogP contribution in [0.25, 0.3) is 0 Å². The highest BCUT2D eigenvalue weighted by Gasteiger charge is 2.43. The highest BCUT2D eigenvalue weighted by molar-refractivity contribution is 5.82. The molecule has 1 amide bonds. The summed E-state index contributed by atoms with van der Waals surface area (Å²) in [6.07, 6.45) is -3.03. The molecule has 0 unspecified atom stereocenters. The van der Waals surface area contributed by atoms with E-state index in [0.29, 0.717) is 0 Å². The summed E-state index contributed by atoms with van der Waals surface area (Å²) in [4.78, 5) is 15.9. The van der Waals surface area contributed by atoms with E-state index in [-0.39, 0.29) is 35.7 Å². The zero-order chi connectivity index (χ0) is 18.0. The number of ether oxygens (including phenoxy) is 1. The quantitative estimate of drug-likeness (QED) is 0.898. The van der Waals surface area contributed by atoms with Gasteiger partial charge in [-0.15, -0.1) is 0 Å². The van der Waals surface area contributed by atoms with E-state index in [1.165, 1.54) is 7.11 Å². The lowest BCUT2D eigenvalue weighted by atomic mass is 10.1. The molecule has 25 heavy (non-hydrogen) atoms. The van der Waals surface area contributed by atoms with Crippen LogP contribution in [0, 0.1) is 5.92 Å². The molecule has 7 heteroatoms. The monoisotopic (exact) mass is 350 g/mol. The summed E-state index contributed by atoms with van der Waals surface area (Å²) in [5.41, 5.74) is 0.426. The lowest BCUT2D eigenvalue weighted by Gasteiger charge is -2.12. The molecule has 1 saturated carbocycles. The fraction of sp³-hybridized carbons (Fsp3) is 0.333. The van der Waals surface area contributed by atoms with Crippen molar-refractivity contribution in [2.24, 2.45) is 5.92 Å². The number of alkyl halides is 3. The average Bonchev–Trinajstić information content (AvgIpc) is 3.40. The van der Waals surface area contributed by atoms with Crippen LogP contribution in [-0.2, 0) is 17.5 Å². The van der Waals surface area contributed by atoms with Crippen molar-refractivity contribution >= 4 is 5.91 Å². The van der Waals surface area contributed by atoms with Gasteiger partial charge in [-0.05, 0) is 24.0 Å². The number of pyridine rings is 1. The number of nitrogens with one attached hydrogen (secondary N) is 1. The van der Waals surface area contributed by atoms with Crippen LogP contribution in [0.4, 0.5) is 13.2 Å². The first-order chi connectivity index (χ1) is 11.9. The second-order valence-electron chi connectivity index (χ2n) is 5.97. The summed E-state index contributed by atoms with van der Waals surface area (Å²) in [5.74, 6) is -0.0769. The minimum absolute atomic E-state index is 0.0586. The Morgan fingerprint density at radius 2 is 2.04 bits per heavy atom. The van der Waals surface area contributed by atoms with Crippen LogP contribution in [0.2, 0.25) is 0 Å². The Morgan fingerprint density at radius 3 is 2.68 bits per heavy atom. The summed E-state index contributed by atoms with van der Waals surface area (Å²) in [6, 6.07) is 10.6. The molecule has 0 saturated heterocycles. The largest absolute Gasteiger partial charge is 0.481 e. The summed E-state index contributed by atoms with van der Waals surface area (Å²) in [6.45, 7) is -0.0586. The molecule has 1 heterocycles. The molecule has 1 aliphatic rings. The number of methoxy groups -OCH3 is 1. The summed E-state index contributed by atoms with van der Waals surface area (Å²) < 4.78 is 43.4. The molecule has 1 aromatic heterocycles. The number of hydrogen-bond acceptors (Lipinski definition) is 3. The van der Waals surface area contributed by atoms with Crippen molar-refractivity contribution in [2.45, 2.75) is 25.1 Å². The van der Waals surface area contributed by atoms with Gasteiger partial charge in [-0.3, -0.25) is 4.79 Å². The van der Waals surface area contributed by atoms with Gasteiger partial charge in [0.15, 0.2) is 0 Å². The maximum atomic E-state index is 12.8. The molecule has 0 bridgehead atoms. The Kier molecular flexibility index (Phi) is 4.65. The number of carbonyl (C=O) groups excluding carboxylic acids is 1. The standard InChI is InChI=1S/C18H17F3N2O2/c1-25-17-12(7-13(10-23-17)18(19,20)21)9-22-16(24)15-8-14(15)11-5-3-2-4-6-11/h2-7,10,14-15H,8-9H2,1H3,(H,22,24)/t14-,15+/m1/s1. The van der Waals surface area contributed by atoms with Crippen molar-refractivity contribution in [3.8, 4) is 5.88 Å². The number of carbonyl (C=O) groups is 1. The smallest absolute Gasteiger partial charge is 0.417 e. The van der Waals surface area contributed by atoms with Crippen molar-refractivity contribution in [2.75, 3.05) is 7.11 Å². The number of rotatable bonds is 5. The fourth-order valence-electron chi connectivity index (χ4n) is 2.83. The van der Waals surface area contributed by atoms with E-state index >= 15 is 0 Å². The Bertz CT molecular complexity index is 763. The highest BCUT2D eigenvalue weighted by Crippen LogP contribution is 2.47. The maximum Gasteiger partial charge on any atom is 0.417 e. The minimum Gasteiger partial charge on any atom is -0.481 e. The normalized spacial score (nSPS) is 19.4. The third kappa shape index (κ3) is 3.92. The number of nitrogens with zero attached hydrogens (tertiary/aromatic N) is 1. The van der Waals surface area contributed by atoms with Gasteiger partial charge >= 0.3 is 6.18 Å². The van der Waals surface area contributed by atoms with E-state index in [9.17, 15) is 18.0 Å². The van der Waals surface area contributed by atoms with Gasteiger partial charge in [-0.1, -0.05) is 30.3 Å². The molecular weight excluding hydrogens is 333 g/mol. The van der Waals surface area contributed by atoms with E-state index < -0.39 is 11.7 Å². The summed E-state index contributed by atoms with van der Waals surface area (Å²) >= 11 is 0. The summed E-state index contributed by atoms with van der Waals surface area (Å²) in [7, 11) is 1.33. The van der Waals surface area contributed by atoms with Gasteiger partial charge in [0.1, 0.15) is 0 Å². The Balaban J connectivity index is 1.65. The number of benzene rings is 1. The third-order valence-electron chi connectivity index (χ3n) is 4.25. The first kappa shape index (κ1) is 17.3. The van der Waals surface area contributed by atoms with Crippen molar-refractivity contribution in [1.82, 2.24) is 10.3 Å². The SMILES string of the molecule is COc1ncc(C(F)(F)F)cc1CNC(=O)[C@H]1C[C@@H]1c1ccccc1. The zero-order valence-electron chi connectivity index (χ0n) is 13.5. The Hall–Kier alpha value is -2.57. The third-order valence-corrected chi connectivity index (χ3v) is 4.25. The van der Waals surface area contributed by atoms with Crippen molar-refractivity contribution in [1.29, 1.82) is 0 Å². The van der Waals surface area contributed by atoms with Gasteiger partial charge < -0.3 is 10.1 Å². The first-order valence-corrected chi connectivity index (χ1v) is 7.83. The van der Waals surface area contributed by atoms with Crippen LogP contribution in [0.3, 0.4) is 0 Å². The van der Waals surface area contributed by atoms with Gasteiger partial charge in [-0.2, -0.15) is 13.2 Å². The molecule has 2 atom stereocenters. The molecule has 1 N–H and O–H groups in total. The van der Waals surface area contributed by atoms with Gasteiger partial charge in [-0.25, -0.2) is 4.98 Å². The molecule has 0 spiro atoms. The fourth-order valence-corrected chi connectivity index (χ4v) is 2.83. The van der Waals surface area contributed by atoms with Crippen LogP contribution in [-0.4, -0.2) is 18.0 Å². The predicted octanol–water partition coefficient (Wildman–Crippen LogP) is 3.53. The number of amides is 1. The molecular formula is C18H17F3N2O2. The van der Waals surface area contributed by atoms with Crippen LogP contribution < -0.4 is 10.1 Å². The second-order valence-corrected chi connectivity index (χ2v) is 5.97. The van der Waals surface area contributed by atoms with E-state index in [4.69, 9.17) is 4.74 Å². The molecule has 3 rings (SSSR count). The van der Waals surface area contributed by atoms with Crippen LogP contribution >= 0.6 is 0 Å². The van der Waals surface area contributed by atoms with E-state index in [1.54, 1.807) is 0 Å². The molecule has 1 aromatic carbocycles. The molecule has 4 nitrogen and oxygen atoms in total.